The Bertz CT molecular complexity index is 536. The van der Waals surface area contributed by atoms with Crippen molar-refractivity contribution >= 4 is 5.97 Å². The Labute approximate surface area is 126 Å². The van der Waals surface area contributed by atoms with Gasteiger partial charge in [-0.15, -0.1) is 0 Å². The van der Waals surface area contributed by atoms with Crippen LogP contribution >= 0.6 is 0 Å². The van der Waals surface area contributed by atoms with Crippen molar-refractivity contribution in [2.75, 3.05) is 14.2 Å². The van der Waals surface area contributed by atoms with Crippen LogP contribution in [0.15, 0.2) is 18.2 Å². The molecule has 0 bridgehead atoms. The first kappa shape index (κ1) is 15.7. The maximum Gasteiger partial charge on any atom is 0.314 e. The van der Waals surface area contributed by atoms with Gasteiger partial charge in [-0.2, -0.15) is 0 Å². The van der Waals surface area contributed by atoms with Crippen LogP contribution in [0, 0.1) is 11.3 Å². The van der Waals surface area contributed by atoms with Crippen molar-refractivity contribution in [2.45, 2.75) is 39.0 Å². The Morgan fingerprint density at radius 2 is 1.76 bits per heavy atom. The number of benzene rings is 1. The summed E-state index contributed by atoms with van der Waals surface area (Å²) in [5.41, 5.74) is 0.139. The summed E-state index contributed by atoms with van der Waals surface area (Å²) in [6, 6.07) is 5.42. The molecule has 1 saturated carbocycles. The molecule has 1 aromatic rings. The first-order chi connectivity index (χ1) is 9.74. The van der Waals surface area contributed by atoms with E-state index in [0.717, 1.165) is 5.56 Å². The molecule has 4 heteroatoms. The number of methoxy groups -OCH3 is 2. The van der Waals surface area contributed by atoms with E-state index in [9.17, 15) is 9.90 Å². The lowest BCUT2D eigenvalue weighted by molar-refractivity contribution is -0.152. The van der Waals surface area contributed by atoms with Gasteiger partial charge in [0.1, 0.15) is 0 Å². The SMILES string of the molecule is COc1ccc(C2(C(=O)O)CC(C(C)(C)C)C2)cc1OC. The van der Waals surface area contributed by atoms with Gasteiger partial charge in [-0.05, 0) is 41.9 Å². The van der Waals surface area contributed by atoms with Gasteiger partial charge < -0.3 is 14.6 Å². The summed E-state index contributed by atoms with van der Waals surface area (Å²) in [7, 11) is 3.14. The number of ether oxygens (including phenoxy) is 2. The number of carbonyl (C=O) groups is 1. The van der Waals surface area contributed by atoms with E-state index in [-0.39, 0.29) is 5.41 Å². The summed E-state index contributed by atoms with van der Waals surface area (Å²) in [5, 5.41) is 9.74. The number of aliphatic carboxylic acids is 1. The van der Waals surface area contributed by atoms with Crippen LogP contribution in [0.3, 0.4) is 0 Å². The standard InChI is InChI=1S/C17H24O4/c1-16(2,3)12-9-17(10-12,15(18)19)11-6-7-13(20-4)14(8-11)21-5/h6-8,12H,9-10H2,1-5H3,(H,18,19). The summed E-state index contributed by atoms with van der Waals surface area (Å²) >= 11 is 0. The average Bonchev–Trinajstić information content (AvgIpc) is 2.35. The molecule has 0 heterocycles. The van der Waals surface area contributed by atoms with E-state index in [1.165, 1.54) is 0 Å². The van der Waals surface area contributed by atoms with E-state index in [2.05, 4.69) is 20.8 Å². The Morgan fingerprint density at radius 1 is 1.19 bits per heavy atom. The molecule has 1 fully saturated rings. The van der Waals surface area contributed by atoms with Crippen LogP contribution in [0.2, 0.25) is 0 Å². The van der Waals surface area contributed by atoms with Crippen LogP contribution in [0.5, 0.6) is 11.5 Å². The highest BCUT2D eigenvalue weighted by Gasteiger charge is 2.54. The lowest BCUT2D eigenvalue weighted by Gasteiger charge is -2.50. The molecular weight excluding hydrogens is 268 g/mol. The van der Waals surface area contributed by atoms with E-state index in [0.29, 0.717) is 30.3 Å². The predicted molar refractivity (Wildman–Crippen MR) is 81.0 cm³/mol. The molecule has 2 rings (SSSR count). The van der Waals surface area contributed by atoms with Crippen molar-refractivity contribution in [1.29, 1.82) is 0 Å². The maximum atomic E-state index is 11.9. The number of rotatable bonds is 4. The highest BCUT2D eigenvalue weighted by molar-refractivity contribution is 5.83. The van der Waals surface area contributed by atoms with Gasteiger partial charge >= 0.3 is 5.97 Å². The second-order valence-electron chi connectivity index (χ2n) is 6.93. The number of carboxylic acids is 1. The molecule has 21 heavy (non-hydrogen) atoms. The van der Waals surface area contributed by atoms with Gasteiger partial charge in [0.15, 0.2) is 11.5 Å². The molecule has 0 aromatic heterocycles. The largest absolute Gasteiger partial charge is 0.493 e. The summed E-state index contributed by atoms with van der Waals surface area (Å²) in [5.74, 6) is 0.861. The molecule has 4 nitrogen and oxygen atoms in total. The lowest BCUT2D eigenvalue weighted by Crippen LogP contribution is -2.51. The molecule has 0 radical (unpaired) electrons. The minimum absolute atomic E-state index is 0.134. The number of carboxylic acid groups (broad SMARTS) is 1. The number of hydrogen-bond acceptors (Lipinski definition) is 3. The molecule has 116 valence electrons. The predicted octanol–water partition coefficient (Wildman–Crippen LogP) is 3.48. The van der Waals surface area contributed by atoms with Crippen LogP contribution in [0.25, 0.3) is 0 Å². The average molecular weight is 292 g/mol. The van der Waals surface area contributed by atoms with Gasteiger partial charge in [0.2, 0.25) is 0 Å². The zero-order chi connectivity index (χ0) is 15.8. The van der Waals surface area contributed by atoms with Gasteiger partial charge in [-0.3, -0.25) is 4.79 Å². The first-order valence-electron chi connectivity index (χ1n) is 7.20. The second-order valence-corrected chi connectivity index (χ2v) is 6.93. The van der Waals surface area contributed by atoms with Crippen molar-refractivity contribution in [3.8, 4) is 11.5 Å². The number of hydrogen-bond donors (Lipinski definition) is 1. The fourth-order valence-electron chi connectivity index (χ4n) is 3.06. The molecule has 0 spiro atoms. The highest BCUT2D eigenvalue weighted by Crippen LogP contribution is 2.55. The molecule has 1 aromatic carbocycles. The molecule has 1 N–H and O–H groups in total. The van der Waals surface area contributed by atoms with Gasteiger partial charge in [0.05, 0.1) is 19.6 Å². The quantitative estimate of drug-likeness (QED) is 0.923. The molecule has 0 saturated heterocycles. The van der Waals surface area contributed by atoms with Gasteiger partial charge in [-0.1, -0.05) is 26.8 Å². The Morgan fingerprint density at radius 3 is 2.19 bits per heavy atom. The van der Waals surface area contributed by atoms with Gasteiger partial charge in [0.25, 0.3) is 0 Å². The zero-order valence-electron chi connectivity index (χ0n) is 13.4. The molecule has 0 atom stereocenters. The first-order valence-corrected chi connectivity index (χ1v) is 7.20. The summed E-state index contributed by atoms with van der Waals surface area (Å²) in [6.45, 7) is 6.49. The molecule has 1 aliphatic carbocycles. The topological polar surface area (TPSA) is 55.8 Å². The van der Waals surface area contributed by atoms with Crippen LogP contribution in [-0.2, 0) is 10.2 Å². The molecule has 0 aliphatic heterocycles. The maximum absolute atomic E-state index is 11.9. The van der Waals surface area contributed by atoms with E-state index in [1.807, 2.05) is 6.07 Å². The van der Waals surface area contributed by atoms with Crippen molar-refractivity contribution in [3.63, 3.8) is 0 Å². The smallest absolute Gasteiger partial charge is 0.314 e. The summed E-state index contributed by atoms with van der Waals surface area (Å²) in [6.07, 6.45) is 1.34. The van der Waals surface area contributed by atoms with Crippen LogP contribution in [0.1, 0.15) is 39.2 Å². The van der Waals surface area contributed by atoms with Crippen molar-refractivity contribution in [1.82, 2.24) is 0 Å². The summed E-state index contributed by atoms with van der Waals surface area (Å²) in [4.78, 5) is 11.9. The summed E-state index contributed by atoms with van der Waals surface area (Å²) < 4.78 is 10.5. The highest BCUT2D eigenvalue weighted by atomic mass is 16.5. The fraction of sp³-hybridized carbons (Fsp3) is 0.588. The van der Waals surface area contributed by atoms with Crippen LogP contribution < -0.4 is 9.47 Å². The minimum atomic E-state index is -0.794. The van der Waals surface area contributed by atoms with Crippen molar-refractivity contribution < 1.29 is 19.4 Å². The van der Waals surface area contributed by atoms with E-state index in [4.69, 9.17) is 9.47 Å². The Hall–Kier alpha value is -1.71. The van der Waals surface area contributed by atoms with E-state index >= 15 is 0 Å². The lowest BCUT2D eigenvalue weighted by atomic mass is 9.52. The van der Waals surface area contributed by atoms with Crippen molar-refractivity contribution in [2.24, 2.45) is 11.3 Å². The fourth-order valence-corrected chi connectivity index (χ4v) is 3.06. The molecule has 0 unspecified atom stereocenters. The van der Waals surface area contributed by atoms with Crippen LogP contribution in [0.4, 0.5) is 0 Å². The van der Waals surface area contributed by atoms with Crippen molar-refractivity contribution in [3.05, 3.63) is 23.8 Å². The van der Waals surface area contributed by atoms with Gasteiger partial charge in [0, 0.05) is 0 Å². The Balaban J connectivity index is 2.36. The Kier molecular flexibility index (Phi) is 3.91. The van der Waals surface area contributed by atoms with E-state index in [1.54, 1.807) is 26.4 Å². The normalized spacial score (nSPS) is 25.1. The third-order valence-electron chi connectivity index (χ3n) is 4.76. The monoisotopic (exact) mass is 292 g/mol. The zero-order valence-corrected chi connectivity index (χ0v) is 13.4. The third kappa shape index (κ3) is 2.59. The minimum Gasteiger partial charge on any atom is -0.493 e. The van der Waals surface area contributed by atoms with Gasteiger partial charge in [-0.25, -0.2) is 0 Å². The van der Waals surface area contributed by atoms with Crippen LogP contribution in [-0.4, -0.2) is 25.3 Å². The van der Waals surface area contributed by atoms with E-state index < -0.39 is 11.4 Å². The third-order valence-corrected chi connectivity index (χ3v) is 4.76. The molecular formula is C17H24O4. The second kappa shape index (κ2) is 5.24. The molecule has 1 aliphatic rings. The molecule has 0 amide bonds.